The highest BCUT2D eigenvalue weighted by molar-refractivity contribution is 5.47. The molecule has 6 nitrogen and oxygen atoms in total. The van der Waals surface area contributed by atoms with Gasteiger partial charge in [0.15, 0.2) is 17.1 Å². The van der Waals surface area contributed by atoms with Gasteiger partial charge in [-0.25, -0.2) is 9.50 Å². The number of aryl methyl sites for hydroxylation is 1. The van der Waals surface area contributed by atoms with Gasteiger partial charge in [-0.05, 0) is 25.8 Å². The van der Waals surface area contributed by atoms with Crippen molar-refractivity contribution in [3.63, 3.8) is 0 Å². The maximum Gasteiger partial charge on any atom is 0.165 e. The maximum absolute atomic E-state index is 5.65. The minimum Gasteiger partial charge on any atom is -0.493 e. The standard InChI is InChI=1S/C21H24N4O2/c1-13-9-20-22-11-16-17-8-7-15(10-18(16)25(20)23-13)24(17)12-14-5-4-6-19(26-2)21(14)27-3/h4-6,9,11,15,17H,7-8,10,12H2,1-3H3/t15-,17-/m0/s1. The van der Waals surface area contributed by atoms with Crippen LogP contribution in [-0.2, 0) is 13.0 Å². The van der Waals surface area contributed by atoms with Gasteiger partial charge < -0.3 is 9.47 Å². The van der Waals surface area contributed by atoms with Crippen LogP contribution < -0.4 is 9.47 Å². The first-order valence-electron chi connectivity index (χ1n) is 9.49. The molecule has 0 N–H and O–H groups in total. The Morgan fingerprint density at radius 1 is 1.19 bits per heavy atom. The van der Waals surface area contributed by atoms with Crippen LogP contribution in [0.2, 0.25) is 0 Å². The van der Waals surface area contributed by atoms with Crippen molar-refractivity contribution < 1.29 is 9.47 Å². The van der Waals surface area contributed by atoms with Crippen LogP contribution in [-0.4, -0.2) is 39.8 Å². The van der Waals surface area contributed by atoms with Crippen molar-refractivity contribution in [2.45, 2.75) is 44.8 Å². The molecule has 1 aromatic carbocycles. The summed E-state index contributed by atoms with van der Waals surface area (Å²) in [7, 11) is 3.40. The number of hydrogen-bond donors (Lipinski definition) is 0. The molecule has 2 atom stereocenters. The number of nitrogens with zero attached hydrogens (tertiary/aromatic N) is 4. The fourth-order valence-corrected chi connectivity index (χ4v) is 4.82. The van der Waals surface area contributed by atoms with Gasteiger partial charge in [0, 0.05) is 48.4 Å². The summed E-state index contributed by atoms with van der Waals surface area (Å²) < 4.78 is 13.2. The number of benzene rings is 1. The summed E-state index contributed by atoms with van der Waals surface area (Å²) in [6.07, 6.45) is 5.44. The number of aromatic nitrogens is 3. The van der Waals surface area contributed by atoms with Gasteiger partial charge in [-0.1, -0.05) is 12.1 Å². The number of fused-ring (bicyclic) bond motifs is 6. The first-order chi connectivity index (χ1) is 13.2. The van der Waals surface area contributed by atoms with E-state index in [1.165, 1.54) is 23.2 Å². The molecule has 0 unspecified atom stereocenters. The van der Waals surface area contributed by atoms with E-state index in [1.54, 1.807) is 14.2 Å². The lowest BCUT2D eigenvalue weighted by atomic mass is 9.98. The zero-order chi connectivity index (χ0) is 18.5. The highest BCUT2D eigenvalue weighted by atomic mass is 16.5. The van der Waals surface area contributed by atoms with Crippen molar-refractivity contribution in [2.75, 3.05) is 14.2 Å². The number of methoxy groups -OCH3 is 2. The summed E-state index contributed by atoms with van der Waals surface area (Å²) in [6, 6.07) is 9.08. The van der Waals surface area contributed by atoms with Crippen LogP contribution in [0.4, 0.5) is 0 Å². The molecule has 1 fully saturated rings. The van der Waals surface area contributed by atoms with E-state index in [0.717, 1.165) is 42.2 Å². The second kappa shape index (κ2) is 6.23. The SMILES string of the molecule is COc1cccc(CN2[C@H]3CC[C@H]2c2cnc4cc(C)nn4c2C3)c1OC. The fraction of sp³-hybridized carbons (Fsp3) is 0.429. The molecule has 0 aliphatic carbocycles. The predicted octanol–water partition coefficient (Wildman–Crippen LogP) is 3.32. The van der Waals surface area contributed by atoms with E-state index in [2.05, 4.69) is 37.8 Å². The summed E-state index contributed by atoms with van der Waals surface area (Å²) in [5, 5.41) is 4.68. The Morgan fingerprint density at radius 2 is 2.07 bits per heavy atom. The van der Waals surface area contributed by atoms with Gasteiger partial charge in [0.2, 0.25) is 0 Å². The Bertz CT molecular complexity index is 1010. The Kier molecular flexibility index (Phi) is 3.82. The van der Waals surface area contributed by atoms with Crippen LogP contribution in [0, 0.1) is 6.92 Å². The van der Waals surface area contributed by atoms with Gasteiger partial charge in [0.05, 0.1) is 25.6 Å². The van der Waals surface area contributed by atoms with Gasteiger partial charge in [-0.2, -0.15) is 5.10 Å². The number of ether oxygens (including phenoxy) is 2. The highest BCUT2D eigenvalue weighted by Gasteiger charge is 2.41. The van der Waals surface area contributed by atoms with Crippen molar-refractivity contribution in [1.82, 2.24) is 19.5 Å². The molecular formula is C21H24N4O2. The molecule has 2 aromatic heterocycles. The zero-order valence-electron chi connectivity index (χ0n) is 16.0. The molecule has 0 amide bonds. The lowest BCUT2D eigenvalue weighted by molar-refractivity contribution is 0.163. The molecule has 0 radical (unpaired) electrons. The quantitative estimate of drug-likeness (QED) is 0.711. The van der Waals surface area contributed by atoms with Crippen molar-refractivity contribution in [3.05, 3.63) is 53.0 Å². The van der Waals surface area contributed by atoms with E-state index in [-0.39, 0.29) is 0 Å². The largest absolute Gasteiger partial charge is 0.493 e. The molecule has 2 bridgehead atoms. The highest BCUT2D eigenvalue weighted by Crippen LogP contribution is 2.45. The molecule has 140 valence electrons. The Balaban J connectivity index is 1.53. The zero-order valence-corrected chi connectivity index (χ0v) is 16.0. The smallest absolute Gasteiger partial charge is 0.165 e. The summed E-state index contributed by atoms with van der Waals surface area (Å²) in [4.78, 5) is 7.26. The first kappa shape index (κ1) is 16.6. The van der Waals surface area contributed by atoms with Crippen LogP contribution in [0.15, 0.2) is 30.5 Å². The van der Waals surface area contributed by atoms with Gasteiger partial charge in [0.25, 0.3) is 0 Å². The lowest BCUT2D eigenvalue weighted by Crippen LogP contribution is -2.38. The van der Waals surface area contributed by atoms with E-state index in [0.29, 0.717) is 12.1 Å². The van der Waals surface area contributed by atoms with E-state index < -0.39 is 0 Å². The fourth-order valence-electron chi connectivity index (χ4n) is 4.82. The van der Waals surface area contributed by atoms with E-state index in [9.17, 15) is 0 Å². The second-order valence-electron chi connectivity index (χ2n) is 7.49. The summed E-state index contributed by atoms with van der Waals surface area (Å²) in [5.74, 6) is 1.62. The Morgan fingerprint density at radius 3 is 2.89 bits per heavy atom. The van der Waals surface area contributed by atoms with Crippen molar-refractivity contribution in [3.8, 4) is 11.5 Å². The average Bonchev–Trinajstić information content (AvgIpc) is 3.19. The minimum atomic E-state index is 0.385. The third-order valence-electron chi connectivity index (χ3n) is 6.01. The topological polar surface area (TPSA) is 51.9 Å². The Hall–Kier alpha value is -2.60. The molecular weight excluding hydrogens is 340 g/mol. The number of hydrogen-bond acceptors (Lipinski definition) is 5. The lowest BCUT2D eigenvalue weighted by Gasteiger charge is -2.36. The second-order valence-corrected chi connectivity index (χ2v) is 7.49. The summed E-state index contributed by atoms with van der Waals surface area (Å²) in [5.41, 5.74) is 5.79. The Labute approximate surface area is 158 Å². The van der Waals surface area contributed by atoms with Gasteiger partial charge in [-0.15, -0.1) is 0 Å². The van der Waals surface area contributed by atoms with E-state index in [4.69, 9.17) is 9.47 Å². The van der Waals surface area contributed by atoms with E-state index >= 15 is 0 Å². The van der Waals surface area contributed by atoms with Gasteiger partial charge in [-0.3, -0.25) is 4.90 Å². The van der Waals surface area contributed by atoms with Crippen LogP contribution in [0.25, 0.3) is 5.65 Å². The van der Waals surface area contributed by atoms with Crippen molar-refractivity contribution in [2.24, 2.45) is 0 Å². The van der Waals surface area contributed by atoms with Gasteiger partial charge in [0.1, 0.15) is 0 Å². The van der Waals surface area contributed by atoms with Crippen molar-refractivity contribution >= 4 is 5.65 Å². The van der Waals surface area contributed by atoms with Crippen LogP contribution in [0.3, 0.4) is 0 Å². The molecule has 27 heavy (non-hydrogen) atoms. The van der Waals surface area contributed by atoms with Gasteiger partial charge >= 0.3 is 0 Å². The molecule has 3 aromatic rings. The monoisotopic (exact) mass is 364 g/mol. The van der Waals surface area contributed by atoms with E-state index in [1.807, 2.05) is 19.1 Å². The predicted molar refractivity (Wildman–Crippen MR) is 102 cm³/mol. The number of para-hydroxylation sites is 1. The molecule has 2 aliphatic rings. The average molecular weight is 364 g/mol. The third kappa shape index (κ3) is 2.51. The molecule has 0 saturated carbocycles. The third-order valence-corrected chi connectivity index (χ3v) is 6.01. The molecule has 4 heterocycles. The molecule has 0 spiro atoms. The maximum atomic E-state index is 5.65. The normalized spacial score (nSPS) is 21.4. The van der Waals surface area contributed by atoms with Crippen LogP contribution in [0.1, 0.15) is 41.4 Å². The van der Waals surface area contributed by atoms with Crippen molar-refractivity contribution in [1.29, 1.82) is 0 Å². The molecule has 5 rings (SSSR count). The van der Waals surface area contributed by atoms with Crippen LogP contribution >= 0.6 is 0 Å². The van der Waals surface area contributed by atoms with Crippen LogP contribution in [0.5, 0.6) is 11.5 Å². The molecule has 1 saturated heterocycles. The molecule has 2 aliphatic heterocycles. The first-order valence-corrected chi connectivity index (χ1v) is 9.49. The molecule has 6 heteroatoms. The summed E-state index contributed by atoms with van der Waals surface area (Å²) in [6.45, 7) is 2.88. The summed E-state index contributed by atoms with van der Waals surface area (Å²) >= 11 is 0. The minimum absolute atomic E-state index is 0.385. The number of rotatable bonds is 4.